The number of methoxy groups -OCH3 is 1. The van der Waals surface area contributed by atoms with Gasteiger partial charge in [0.1, 0.15) is 5.75 Å². The molecule has 7 nitrogen and oxygen atoms in total. The van der Waals surface area contributed by atoms with Gasteiger partial charge >= 0.3 is 0 Å². The maximum absolute atomic E-state index is 12.4. The molecule has 2 rings (SSSR count). The van der Waals surface area contributed by atoms with Crippen molar-refractivity contribution in [2.24, 2.45) is 0 Å². The van der Waals surface area contributed by atoms with Crippen LogP contribution in [0, 0.1) is 0 Å². The first-order valence-electron chi connectivity index (χ1n) is 7.24. The molecule has 0 saturated carbocycles. The van der Waals surface area contributed by atoms with Gasteiger partial charge in [-0.2, -0.15) is 0 Å². The van der Waals surface area contributed by atoms with Crippen molar-refractivity contribution < 1.29 is 23.4 Å². The van der Waals surface area contributed by atoms with Crippen LogP contribution in [-0.4, -0.2) is 45.0 Å². The lowest BCUT2D eigenvalue weighted by molar-refractivity contribution is 0.105. The standard InChI is InChI=1S/C16H20N2O5S/c1-23-15-4-2-3-13(9-15)18-24(21,22)16-7-5-12(6-8-16)17-10-14(20)11-19/h2-9,14,17-20H,10-11H2,1H3. The zero-order valence-electron chi connectivity index (χ0n) is 13.1. The van der Waals surface area contributed by atoms with E-state index in [1.54, 1.807) is 36.4 Å². The minimum Gasteiger partial charge on any atom is -0.497 e. The predicted octanol–water partition coefficient (Wildman–Crippen LogP) is 1.26. The van der Waals surface area contributed by atoms with E-state index >= 15 is 0 Å². The summed E-state index contributed by atoms with van der Waals surface area (Å²) in [7, 11) is -2.21. The van der Waals surface area contributed by atoms with Gasteiger partial charge in [-0.3, -0.25) is 4.72 Å². The number of anilines is 2. The van der Waals surface area contributed by atoms with Gasteiger partial charge in [0, 0.05) is 18.3 Å². The molecular weight excluding hydrogens is 332 g/mol. The third kappa shape index (κ3) is 4.85. The summed E-state index contributed by atoms with van der Waals surface area (Å²) in [5.74, 6) is 0.553. The van der Waals surface area contributed by atoms with E-state index in [0.717, 1.165) is 0 Å². The van der Waals surface area contributed by atoms with Gasteiger partial charge in [0.15, 0.2) is 0 Å². The van der Waals surface area contributed by atoms with Crippen molar-refractivity contribution >= 4 is 21.4 Å². The average molecular weight is 352 g/mol. The van der Waals surface area contributed by atoms with Crippen LogP contribution in [0.4, 0.5) is 11.4 Å². The van der Waals surface area contributed by atoms with E-state index in [1.165, 1.54) is 19.2 Å². The van der Waals surface area contributed by atoms with E-state index in [4.69, 9.17) is 9.84 Å². The second-order valence-electron chi connectivity index (χ2n) is 5.08. The number of aliphatic hydroxyl groups is 2. The predicted molar refractivity (Wildman–Crippen MR) is 91.8 cm³/mol. The molecule has 0 fully saturated rings. The molecule has 8 heteroatoms. The summed E-state index contributed by atoms with van der Waals surface area (Å²) in [4.78, 5) is 0.110. The Morgan fingerprint density at radius 2 is 1.83 bits per heavy atom. The number of ether oxygens (including phenoxy) is 1. The normalized spacial score (nSPS) is 12.5. The Balaban J connectivity index is 2.08. The van der Waals surface area contributed by atoms with E-state index in [2.05, 4.69) is 10.0 Å². The largest absolute Gasteiger partial charge is 0.497 e. The van der Waals surface area contributed by atoms with Crippen molar-refractivity contribution in [2.75, 3.05) is 30.3 Å². The summed E-state index contributed by atoms with van der Waals surface area (Å²) in [6.45, 7) is -0.172. The molecule has 0 saturated heterocycles. The first-order valence-corrected chi connectivity index (χ1v) is 8.72. The number of benzene rings is 2. The van der Waals surface area contributed by atoms with Crippen LogP contribution in [0.15, 0.2) is 53.4 Å². The summed E-state index contributed by atoms with van der Waals surface area (Å²) in [5, 5.41) is 20.9. The third-order valence-electron chi connectivity index (χ3n) is 3.24. The minimum atomic E-state index is -3.71. The van der Waals surface area contributed by atoms with Crippen LogP contribution in [0.3, 0.4) is 0 Å². The second-order valence-corrected chi connectivity index (χ2v) is 6.76. The van der Waals surface area contributed by atoms with Crippen LogP contribution < -0.4 is 14.8 Å². The topological polar surface area (TPSA) is 108 Å². The SMILES string of the molecule is COc1cccc(NS(=O)(=O)c2ccc(NCC(O)CO)cc2)c1. The summed E-state index contributed by atoms with van der Waals surface area (Å²) in [5.41, 5.74) is 1.05. The highest BCUT2D eigenvalue weighted by atomic mass is 32.2. The van der Waals surface area contributed by atoms with Crippen molar-refractivity contribution in [2.45, 2.75) is 11.0 Å². The van der Waals surface area contributed by atoms with Crippen LogP contribution in [0.5, 0.6) is 5.75 Å². The van der Waals surface area contributed by atoms with E-state index in [9.17, 15) is 13.5 Å². The highest BCUT2D eigenvalue weighted by molar-refractivity contribution is 7.92. The molecule has 2 aromatic carbocycles. The van der Waals surface area contributed by atoms with Gasteiger partial charge in [0.05, 0.1) is 30.4 Å². The molecule has 0 aliphatic rings. The number of sulfonamides is 1. The molecular formula is C16H20N2O5S. The lowest BCUT2D eigenvalue weighted by atomic mass is 10.3. The van der Waals surface area contributed by atoms with Gasteiger partial charge < -0.3 is 20.3 Å². The fraction of sp³-hybridized carbons (Fsp3) is 0.250. The number of nitrogens with one attached hydrogen (secondary N) is 2. The van der Waals surface area contributed by atoms with Crippen LogP contribution >= 0.6 is 0 Å². The summed E-state index contributed by atoms with van der Waals surface area (Å²) in [6.07, 6.45) is -0.872. The van der Waals surface area contributed by atoms with Crippen molar-refractivity contribution in [3.8, 4) is 5.75 Å². The van der Waals surface area contributed by atoms with Gasteiger partial charge in [0.2, 0.25) is 0 Å². The van der Waals surface area contributed by atoms with Crippen LogP contribution in [-0.2, 0) is 10.0 Å². The monoisotopic (exact) mass is 352 g/mol. The highest BCUT2D eigenvalue weighted by Gasteiger charge is 2.14. The molecule has 0 aromatic heterocycles. The number of aliphatic hydroxyl groups excluding tert-OH is 2. The highest BCUT2D eigenvalue weighted by Crippen LogP contribution is 2.21. The third-order valence-corrected chi connectivity index (χ3v) is 4.64. The van der Waals surface area contributed by atoms with Crippen LogP contribution in [0.25, 0.3) is 0 Å². The van der Waals surface area contributed by atoms with Crippen molar-refractivity contribution in [3.63, 3.8) is 0 Å². The Labute approximate surface area is 141 Å². The summed E-state index contributed by atoms with van der Waals surface area (Å²) >= 11 is 0. The maximum Gasteiger partial charge on any atom is 0.261 e. The second kappa shape index (κ2) is 8.00. The van der Waals surface area contributed by atoms with E-state index in [0.29, 0.717) is 17.1 Å². The van der Waals surface area contributed by atoms with Crippen LogP contribution in [0.2, 0.25) is 0 Å². The lowest BCUT2D eigenvalue weighted by Gasteiger charge is -2.12. The van der Waals surface area contributed by atoms with Crippen molar-refractivity contribution in [1.29, 1.82) is 0 Å². The molecule has 0 radical (unpaired) electrons. The van der Waals surface area contributed by atoms with Gasteiger partial charge in [-0.1, -0.05) is 6.07 Å². The first-order chi connectivity index (χ1) is 11.4. The van der Waals surface area contributed by atoms with E-state index in [-0.39, 0.29) is 18.0 Å². The molecule has 1 unspecified atom stereocenters. The van der Waals surface area contributed by atoms with E-state index < -0.39 is 16.1 Å². The molecule has 0 aliphatic carbocycles. The molecule has 0 bridgehead atoms. The molecule has 0 spiro atoms. The first kappa shape index (κ1) is 18.1. The zero-order chi connectivity index (χ0) is 17.6. The quantitative estimate of drug-likeness (QED) is 0.570. The number of rotatable bonds is 8. The van der Waals surface area contributed by atoms with Gasteiger partial charge in [0.25, 0.3) is 10.0 Å². The van der Waals surface area contributed by atoms with Crippen molar-refractivity contribution in [3.05, 3.63) is 48.5 Å². The molecule has 130 valence electrons. The minimum absolute atomic E-state index is 0.110. The Hall–Kier alpha value is -2.29. The smallest absolute Gasteiger partial charge is 0.261 e. The Morgan fingerprint density at radius 3 is 2.46 bits per heavy atom. The van der Waals surface area contributed by atoms with E-state index in [1.807, 2.05) is 0 Å². The maximum atomic E-state index is 12.4. The molecule has 0 aliphatic heterocycles. The van der Waals surface area contributed by atoms with Crippen LogP contribution in [0.1, 0.15) is 0 Å². The van der Waals surface area contributed by atoms with Gasteiger partial charge in [-0.15, -0.1) is 0 Å². The Bertz CT molecular complexity index is 762. The Kier molecular flexibility index (Phi) is 6.02. The molecule has 24 heavy (non-hydrogen) atoms. The zero-order valence-corrected chi connectivity index (χ0v) is 14.0. The fourth-order valence-electron chi connectivity index (χ4n) is 1.95. The molecule has 0 heterocycles. The fourth-order valence-corrected chi connectivity index (χ4v) is 3.00. The molecule has 2 aromatic rings. The summed E-state index contributed by atoms with van der Waals surface area (Å²) < 4.78 is 32.3. The summed E-state index contributed by atoms with van der Waals surface area (Å²) in [6, 6.07) is 12.7. The Morgan fingerprint density at radius 1 is 1.12 bits per heavy atom. The van der Waals surface area contributed by atoms with Gasteiger partial charge in [-0.25, -0.2) is 8.42 Å². The number of hydrogen-bond donors (Lipinski definition) is 4. The number of hydrogen-bond acceptors (Lipinski definition) is 6. The van der Waals surface area contributed by atoms with Crippen molar-refractivity contribution in [1.82, 2.24) is 0 Å². The average Bonchev–Trinajstić information content (AvgIpc) is 2.59. The molecule has 0 amide bonds. The van der Waals surface area contributed by atoms with Gasteiger partial charge in [-0.05, 0) is 36.4 Å². The molecule has 1 atom stereocenters. The molecule has 4 N–H and O–H groups in total. The lowest BCUT2D eigenvalue weighted by Crippen LogP contribution is -2.22.